The lowest BCUT2D eigenvalue weighted by Gasteiger charge is -2.34. The summed E-state index contributed by atoms with van der Waals surface area (Å²) in [6.45, 7) is 6.67. The number of carbonyl (C=O) groups excluding carboxylic acids is 3. The molecule has 0 bridgehead atoms. The zero-order valence-electron chi connectivity index (χ0n) is 16.3. The van der Waals surface area contributed by atoms with Crippen LogP contribution in [0.5, 0.6) is 0 Å². The van der Waals surface area contributed by atoms with Crippen LogP contribution in [0.25, 0.3) is 0 Å². The minimum absolute atomic E-state index is 0.134. The van der Waals surface area contributed by atoms with Gasteiger partial charge in [-0.3, -0.25) is 4.79 Å². The number of nitrogens with one attached hydrogen (secondary N) is 1. The van der Waals surface area contributed by atoms with E-state index in [1.807, 2.05) is 0 Å². The summed E-state index contributed by atoms with van der Waals surface area (Å²) in [6, 6.07) is 6.95. The van der Waals surface area contributed by atoms with Crippen LogP contribution in [0.15, 0.2) is 24.3 Å². The summed E-state index contributed by atoms with van der Waals surface area (Å²) >= 11 is 5.30. The van der Waals surface area contributed by atoms with Crippen molar-refractivity contribution in [2.45, 2.75) is 45.6 Å². The molecule has 3 amide bonds. The second kappa shape index (κ2) is 6.93. The van der Waals surface area contributed by atoms with E-state index in [-0.39, 0.29) is 5.11 Å². The van der Waals surface area contributed by atoms with E-state index in [0.29, 0.717) is 11.3 Å². The van der Waals surface area contributed by atoms with E-state index in [1.54, 1.807) is 59.0 Å². The van der Waals surface area contributed by atoms with Crippen molar-refractivity contribution in [3.8, 4) is 0 Å². The molecule has 1 unspecified atom stereocenters. The van der Waals surface area contributed by atoms with Crippen LogP contribution in [0.3, 0.4) is 0 Å². The van der Waals surface area contributed by atoms with Gasteiger partial charge < -0.3 is 19.7 Å². The fourth-order valence-electron chi connectivity index (χ4n) is 3.25. The number of thiocarbonyl (C=S) groups is 1. The molecule has 1 spiro atoms. The van der Waals surface area contributed by atoms with Crippen LogP contribution in [0.2, 0.25) is 0 Å². The van der Waals surface area contributed by atoms with Gasteiger partial charge >= 0.3 is 12.2 Å². The molecule has 1 saturated heterocycles. The third kappa shape index (κ3) is 2.84. The lowest BCUT2D eigenvalue weighted by molar-refractivity contribution is -0.134. The normalized spacial score (nSPS) is 20.9. The Balaban J connectivity index is 2.17. The smallest absolute Gasteiger partial charge is 0.436 e. The predicted octanol–water partition coefficient (Wildman–Crippen LogP) is 2.31. The fraction of sp³-hybridized carbons (Fsp3) is 0.444. The molecule has 1 aromatic rings. The molecule has 1 fully saturated rings. The van der Waals surface area contributed by atoms with Gasteiger partial charge in [-0.15, -0.1) is 0 Å². The maximum Gasteiger partial charge on any atom is 0.436 e. The number of hydrazine groups is 1. The zero-order chi connectivity index (χ0) is 20.8. The Hall–Kier alpha value is -2.88. The van der Waals surface area contributed by atoms with Crippen LogP contribution >= 0.6 is 12.2 Å². The third-order valence-electron chi connectivity index (χ3n) is 4.29. The first-order valence-electron chi connectivity index (χ1n) is 8.82. The molecular weight excluding hydrogens is 384 g/mol. The van der Waals surface area contributed by atoms with Crippen molar-refractivity contribution in [1.82, 2.24) is 15.3 Å². The first kappa shape index (κ1) is 19.9. The molecule has 0 radical (unpaired) electrons. The zero-order valence-corrected chi connectivity index (χ0v) is 17.1. The lowest BCUT2D eigenvalue weighted by Crippen LogP contribution is -2.60. The maximum atomic E-state index is 13.3. The molecule has 0 saturated carbocycles. The molecule has 0 aliphatic carbocycles. The van der Waals surface area contributed by atoms with Gasteiger partial charge in [-0.1, -0.05) is 18.2 Å². The highest BCUT2D eigenvalue weighted by Gasteiger charge is 2.65. The van der Waals surface area contributed by atoms with Crippen molar-refractivity contribution in [1.29, 1.82) is 0 Å². The van der Waals surface area contributed by atoms with Crippen LogP contribution in [0.4, 0.5) is 15.3 Å². The Morgan fingerprint density at radius 1 is 1.07 bits per heavy atom. The van der Waals surface area contributed by atoms with Gasteiger partial charge in [0.2, 0.25) is 10.8 Å². The summed E-state index contributed by atoms with van der Waals surface area (Å²) in [7, 11) is 1.59. The average Bonchev–Trinajstić information content (AvgIpc) is 3.02. The summed E-state index contributed by atoms with van der Waals surface area (Å²) in [5, 5.41) is 4.48. The predicted molar refractivity (Wildman–Crippen MR) is 104 cm³/mol. The van der Waals surface area contributed by atoms with Gasteiger partial charge in [0.1, 0.15) is 0 Å². The van der Waals surface area contributed by atoms with Crippen molar-refractivity contribution < 1.29 is 23.9 Å². The van der Waals surface area contributed by atoms with E-state index in [2.05, 4.69) is 5.32 Å². The standard InChI is InChI=1S/C18H22N4O5S/c1-10(2)26-16(24)21-15(28)19-18(22(21)17(25)27-11(3)4)12-8-6-7-9-13(12)20(5)14(18)23/h6-11H,1-5H3,(H,19,28). The first-order valence-corrected chi connectivity index (χ1v) is 9.23. The van der Waals surface area contributed by atoms with Gasteiger partial charge in [0.15, 0.2) is 0 Å². The number of benzene rings is 1. The largest absolute Gasteiger partial charge is 0.445 e. The molecule has 3 rings (SSSR count). The van der Waals surface area contributed by atoms with E-state index < -0.39 is 36.0 Å². The molecular formula is C18H22N4O5S. The second-order valence-electron chi connectivity index (χ2n) is 7.01. The number of likely N-dealkylation sites (N-methyl/N-ethyl adjacent to an activating group) is 1. The number of carbonyl (C=O) groups is 3. The number of amides is 3. The molecule has 2 aliphatic rings. The number of anilines is 1. The van der Waals surface area contributed by atoms with E-state index in [9.17, 15) is 14.4 Å². The van der Waals surface area contributed by atoms with Gasteiger partial charge in [-0.05, 0) is 46.0 Å². The summed E-state index contributed by atoms with van der Waals surface area (Å²) < 4.78 is 10.5. The molecule has 1 N–H and O–H groups in total. The minimum atomic E-state index is -1.73. The number of ether oxygens (including phenoxy) is 2. The summed E-state index contributed by atoms with van der Waals surface area (Å²) in [6.07, 6.45) is -2.72. The maximum absolute atomic E-state index is 13.3. The van der Waals surface area contributed by atoms with Crippen LogP contribution < -0.4 is 10.2 Å². The summed E-state index contributed by atoms with van der Waals surface area (Å²) in [5.41, 5.74) is -0.667. The molecule has 150 valence electrons. The van der Waals surface area contributed by atoms with E-state index in [1.165, 1.54) is 4.90 Å². The van der Waals surface area contributed by atoms with Crippen molar-refractivity contribution >= 4 is 41.1 Å². The van der Waals surface area contributed by atoms with Gasteiger partial charge in [0.25, 0.3) is 5.91 Å². The fourth-order valence-corrected chi connectivity index (χ4v) is 3.56. The number of nitrogens with zero attached hydrogens (tertiary/aromatic N) is 3. The first-order chi connectivity index (χ1) is 13.1. The van der Waals surface area contributed by atoms with E-state index in [4.69, 9.17) is 21.7 Å². The Bertz CT molecular complexity index is 858. The highest BCUT2D eigenvalue weighted by Crippen LogP contribution is 2.45. The number of fused-ring (bicyclic) bond motifs is 2. The molecule has 2 heterocycles. The van der Waals surface area contributed by atoms with Crippen molar-refractivity contribution in [3.63, 3.8) is 0 Å². The molecule has 10 heteroatoms. The lowest BCUT2D eigenvalue weighted by atomic mass is 10.0. The third-order valence-corrected chi connectivity index (χ3v) is 4.56. The molecule has 28 heavy (non-hydrogen) atoms. The van der Waals surface area contributed by atoms with Crippen LogP contribution in [-0.2, 0) is 19.9 Å². The van der Waals surface area contributed by atoms with Crippen molar-refractivity contribution in [2.24, 2.45) is 0 Å². The van der Waals surface area contributed by atoms with Gasteiger partial charge in [0, 0.05) is 12.6 Å². The van der Waals surface area contributed by atoms with Crippen LogP contribution in [0.1, 0.15) is 33.3 Å². The SMILES string of the molecule is CC(C)OC(=O)N1C(=S)NC2(C(=O)N(C)c3ccccc32)N1C(=O)OC(C)C. The number of hydrogen-bond acceptors (Lipinski definition) is 6. The Morgan fingerprint density at radius 2 is 1.64 bits per heavy atom. The second-order valence-corrected chi connectivity index (χ2v) is 7.40. The highest BCUT2D eigenvalue weighted by atomic mass is 32.1. The van der Waals surface area contributed by atoms with Crippen molar-refractivity contribution in [3.05, 3.63) is 29.8 Å². The molecule has 1 aromatic carbocycles. The van der Waals surface area contributed by atoms with E-state index in [0.717, 1.165) is 10.0 Å². The molecule has 1 atom stereocenters. The van der Waals surface area contributed by atoms with Crippen molar-refractivity contribution in [2.75, 3.05) is 11.9 Å². The summed E-state index contributed by atoms with van der Waals surface area (Å²) in [5.74, 6) is -0.475. The Morgan fingerprint density at radius 3 is 2.25 bits per heavy atom. The van der Waals surface area contributed by atoms with Crippen LogP contribution in [-0.4, -0.2) is 52.5 Å². The average molecular weight is 406 g/mol. The quantitative estimate of drug-likeness (QED) is 0.754. The Labute approximate surface area is 168 Å². The molecule has 0 aromatic heterocycles. The number of para-hydroxylation sites is 1. The number of hydrogen-bond donors (Lipinski definition) is 1. The number of rotatable bonds is 2. The van der Waals surface area contributed by atoms with Gasteiger partial charge in [-0.25, -0.2) is 9.59 Å². The molecule has 2 aliphatic heterocycles. The highest BCUT2D eigenvalue weighted by molar-refractivity contribution is 7.80. The molecule has 9 nitrogen and oxygen atoms in total. The summed E-state index contributed by atoms with van der Waals surface area (Å²) in [4.78, 5) is 40.4. The minimum Gasteiger partial charge on any atom is -0.445 e. The van der Waals surface area contributed by atoms with Gasteiger partial charge in [0.05, 0.1) is 17.9 Å². The Kier molecular flexibility index (Phi) is 4.92. The van der Waals surface area contributed by atoms with E-state index >= 15 is 0 Å². The monoisotopic (exact) mass is 406 g/mol. The topological polar surface area (TPSA) is 91.4 Å². The van der Waals surface area contributed by atoms with Gasteiger partial charge in [-0.2, -0.15) is 10.0 Å². The van der Waals surface area contributed by atoms with Crippen LogP contribution in [0, 0.1) is 0 Å².